The molecule has 0 aliphatic carbocycles. The standard InChI is InChI=1S/C28H24BrFN4O4S/c1-36-15-25(35)32-21-14-17(7-9-23(21)37-2)34-27(26(33-28(34)39)20-5-3-4-12-31-20)24-11-10-22(38-24)18-8-6-16(29)13-19(18)30/h3-14,26-27H,15H2,1-2H3,(H,32,35)(H,33,39). The van der Waals surface area contributed by atoms with Crippen molar-refractivity contribution in [2.24, 2.45) is 0 Å². The average Bonchev–Trinajstić information content (AvgIpc) is 3.54. The van der Waals surface area contributed by atoms with E-state index >= 15 is 0 Å². The van der Waals surface area contributed by atoms with E-state index < -0.39 is 11.9 Å². The number of carbonyl (C=O) groups is 1. The fraction of sp³-hybridized carbons (Fsp3) is 0.179. The summed E-state index contributed by atoms with van der Waals surface area (Å²) in [6, 6.07) is 18.5. The van der Waals surface area contributed by atoms with Crippen molar-refractivity contribution >= 4 is 50.5 Å². The van der Waals surface area contributed by atoms with Crippen molar-refractivity contribution in [1.82, 2.24) is 10.3 Å². The van der Waals surface area contributed by atoms with E-state index in [1.54, 1.807) is 36.5 Å². The van der Waals surface area contributed by atoms with Crippen LogP contribution < -0.4 is 20.3 Å². The molecule has 0 spiro atoms. The number of furan rings is 1. The van der Waals surface area contributed by atoms with Crippen molar-refractivity contribution in [1.29, 1.82) is 0 Å². The van der Waals surface area contributed by atoms with E-state index in [2.05, 4.69) is 31.5 Å². The highest BCUT2D eigenvalue weighted by atomic mass is 79.9. The van der Waals surface area contributed by atoms with Crippen molar-refractivity contribution in [3.8, 4) is 17.1 Å². The molecule has 2 N–H and O–H groups in total. The van der Waals surface area contributed by atoms with Crippen molar-refractivity contribution < 1.29 is 23.1 Å². The summed E-state index contributed by atoms with van der Waals surface area (Å²) in [5.41, 5.74) is 2.22. The molecule has 0 bridgehead atoms. The zero-order valence-electron chi connectivity index (χ0n) is 21.0. The summed E-state index contributed by atoms with van der Waals surface area (Å²) in [4.78, 5) is 18.7. The normalized spacial score (nSPS) is 16.7. The first-order valence-electron chi connectivity index (χ1n) is 11.9. The Morgan fingerprint density at radius 2 is 2.03 bits per heavy atom. The van der Waals surface area contributed by atoms with Crippen LogP contribution in [0.15, 0.2) is 81.8 Å². The molecule has 200 valence electrons. The second-order valence-corrected chi connectivity index (χ2v) is 9.99. The molecule has 1 fully saturated rings. The number of nitrogens with zero attached hydrogens (tertiary/aromatic N) is 2. The van der Waals surface area contributed by atoms with Gasteiger partial charge in [0.25, 0.3) is 0 Å². The lowest BCUT2D eigenvalue weighted by atomic mass is 10.0. The number of carbonyl (C=O) groups excluding carboxylic acids is 1. The number of halogens is 2. The van der Waals surface area contributed by atoms with Gasteiger partial charge in [0, 0.05) is 23.5 Å². The monoisotopic (exact) mass is 610 g/mol. The van der Waals surface area contributed by atoms with Gasteiger partial charge < -0.3 is 29.4 Å². The number of nitrogens with one attached hydrogen (secondary N) is 2. The lowest BCUT2D eigenvalue weighted by molar-refractivity contribution is -0.119. The first-order valence-corrected chi connectivity index (χ1v) is 13.1. The Hall–Kier alpha value is -3.80. The lowest BCUT2D eigenvalue weighted by Crippen LogP contribution is -2.29. The van der Waals surface area contributed by atoms with Crippen molar-refractivity contribution in [3.63, 3.8) is 0 Å². The number of rotatable bonds is 8. The predicted octanol–water partition coefficient (Wildman–Crippen LogP) is 6.01. The van der Waals surface area contributed by atoms with Gasteiger partial charge in [0.15, 0.2) is 5.11 Å². The van der Waals surface area contributed by atoms with E-state index in [0.29, 0.717) is 43.8 Å². The molecular formula is C28H24BrFN4O4S. The van der Waals surface area contributed by atoms with E-state index in [4.69, 9.17) is 26.1 Å². The van der Waals surface area contributed by atoms with Crippen LogP contribution in [0.25, 0.3) is 11.3 Å². The number of hydrogen-bond acceptors (Lipinski definition) is 6. The molecule has 0 radical (unpaired) electrons. The minimum absolute atomic E-state index is 0.108. The summed E-state index contributed by atoms with van der Waals surface area (Å²) >= 11 is 9.08. The van der Waals surface area contributed by atoms with E-state index in [0.717, 1.165) is 5.69 Å². The Bertz CT molecular complexity index is 1520. The Kier molecular flexibility index (Phi) is 7.92. The zero-order valence-corrected chi connectivity index (χ0v) is 23.4. The zero-order chi connectivity index (χ0) is 27.5. The summed E-state index contributed by atoms with van der Waals surface area (Å²) in [5.74, 6) is 0.677. The number of benzene rings is 2. The molecule has 1 aliphatic rings. The van der Waals surface area contributed by atoms with Crippen LogP contribution in [0.1, 0.15) is 23.5 Å². The van der Waals surface area contributed by atoms with Crippen molar-refractivity contribution in [2.75, 3.05) is 31.0 Å². The minimum atomic E-state index is -0.476. The van der Waals surface area contributed by atoms with Gasteiger partial charge in [-0.05, 0) is 72.9 Å². The quantitative estimate of drug-likeness (QED) is 0.234. The van der Waals surface area contributed by atoms with Crippen LogP contribution in [-0.2, 0) is 9.53 Å². The highest BCUT2D eigenvalue weighted by molar-refractivity contribution is 9.10. The van der Waals surface area contributed by atoms with Gasteiger partial charge in [-0.3, -0.25) is 9.78 Å². The molecule has 1 amide bonds. The predicted molar refractivity (Wildman–Crippen MR) is 153 cm³/mol. The fourth-order valence-electron chi connectivity index (χ4n) is 4.53. The third-order valence-electron chi connectivity index (χ3n) is 6.22. The van der Waals surface area contributed by atoms with Crippen molar-refractivity contribution in [3.05, 3.63) is 94.7 Å². The minimum Gasteiger partial charge on any atom is -0.495 e. The van der Waals surface area contributed by atoms with Gasteiger partial charge >= 0.3 is 0 Å². The molecule has 39 heavy (non-hydrogen) atoms. The molecule has 2 aromatic heterocycles. The smallest absolute Gasteiger partial charge is 0.250 e. The van der Waals surface area contributed by atoms with E-state index in [-0.39, 0.29) is 18.6 Å². The summed E-state index contributed by atoms with van der Waals surface area (Å²) in [6.07, 6.45) is 1.71. The van der Waals surface area contributed by atoms with E-state index in [9.17, 15) is 9.18 Å². The van der Waals surface area contributed by atoms with Crippen LogP contribution in [0.3, 0.4) is 0 Å². The molecule has 2 aromatic carbocycles. The van der Waals surface area contributed by atoms with E-state index in [1.807, 2.05) is 35.2 Å². The van der Waals surface area contributed by atoms with Gasteiger partial charge in [0.2, 0.25) is 5.91 Å². The van der Waals surface area contributed by atoms with Crippen LogP contribution in [0.2, 0.25) is 0 Å². The third kappa shape index (κ3) is 5.51. The maximum Gasteiger partial charge on any atom is 0.250 e. The maximum atomic E-state index is 14.7. The topological polar surface area (TPSA) is 88.9 Å². The molecule has 2 atom stereocenters. The van der Waals surface area contributed by atoms with Crippen LogP contribution in [0.4, 0.5) is 15.8 Å². The summed E-state index contributed by atoms with van der Waals surface area (Å²) in [6.45, 7) is -0.108. The first kappa shape index (κ1) is 26.8. The molecule has 8 nitrogen and oxygen atoms in total. The summed E-state index contributed by atoms with van der Waals surface area (Å²) < 4.78 is 32.0. The molecule has 2 unspecified atom stereocenters. The number of pyridine rings is 1. The average molecular weight is 611 g/mol. The summed E-state index contributed by atoms with van der Waals surface area (Å²) in [7, 11) is 2.97. The Labute approximate surface area is 238 Å². The van der Waals surface area contributed by atoms with Gasteiger partial charge in [-0.2, -0.15) is 0 Å². The number of methoxy groups -OCH3 is 2. The molecule has 1 aliphatic heterocycles. The lowest BCUT2D eigenvalue weighted by Gasteiger charge is -2.27. The van der Waals surface area contributed by atoms with Crippen LogP contribution in [0.5, 0.6) is 5.75 Å². The maximum absolute atomic E-state index is 14.7. The highest BCUT2D eigenvalue weighted by Gasteiger charge is 2.43. The van der Waals surface area contributed by atoms with Gasteiger partial charge in [-0.15, -0.1) is 0 Å². The number of aromatic nitrogens is 1. The number of anilines is 2. The Morgan fingerprint density at radius 1 is 1.18 bits per heavy atom. The molecule has 4 aromatic rings. The number of hydrogen-bond donors (Lipinski definition) is 2. The largest absolute Gasteiger partial charge is 0.495 e. The summed E-state index contributed by atoms with van der Waals surface area (Å²) in [5, 5.41) is 6.61. The van der Waals surface area contributed by atoms with Gasteiger partial charge in [-0.1, -0.05) is 22.0 Å². The molecule has 11 heteroatoms. The fourth-order valence-corrected chi connectivity index (χ4v) is 5.21. The Morgan fingerprint density at radius 3 is 2.74 bits per heavy atom. The SMILES string of the molecule is COCC(=O)Nc1cc(N2C(=S)NC(c3ccccn3)C2c2ccc(-c3ccc(Br)cc3F)o2)ccc1OC. The molecular weight excluding hydrogens is 587 g/mol. The molecule has 1 saturated heterocycles. The van der Waals surface area contributed by atoms with Gasteiger partial charge in [0.05, 0.1) is 30.1 Å². The second-order valence-electron chi connectivity index (χ2n) is 8.69. The second kappa shape index (κ2) is 11.5. The van der Waals surface area contributed by atoms with Crippen LogP contribution in [0, 0.1) is 5.82 Å². The number of amides is 1. The number of ether oxygens (including phenoxy) is 2. The van der Waals surface area contributed by atoms with Crippen LogP contribution >= 0.6 is 28.1 Å². The van der Waals surface area contributed by atoms with Crippen LogP contribution in [-0.4, -0.2) is 36.8 Å². The van der Waals surface area contributed by atoms with E-state index in [1.165, 1.54) is 20.3 Å². The third-order valence-corrected chi connectivity index (χ3v) is 7.03. The molecule has 0 saturated carbocycles. The Balaban J connectivity index is 1.59. The number of thiocarbonyl (C=S) groups is 1. The van der Waals surface area contributed by atoms with Gasteiger partial charge in [-0.25, -0.2) is 4.39 Å². The van der Waals surface area contributed by atoms with Gasteiger partial charge in [0.1, 0.15) is 35.7 Å². The first-order chi connectivity index (χ1) is 18.9. The highest BCUT2D eigenvalue weighted by Crippen LogP contribution is 2.44. The van der Waals surface area contributed by atoms with Crippen molar-refractivity contribution in [2.45, 2.75) is 12.1 Å². The molecule has 5 rings (SSSR count). The molecule has 3 heterocycles.